The van der Waals surface area contributed by atoms with E-state index in [2.05, 4.69) is 26.6 Å². The van der Waals surface area contributed by atoms with Gasteiger partial charge in [-0.2, -0.15) is 0 Å². The topological polar surface area (TPSA) is 337 Å². The quantitative estimate of drug-likeness (QED) is 0.0814. The predicted octanol–water partition coefficient (Wildman–Crippen LogP) is 4.33. The van der Waals surface area contributed by atoms with Gasteiger partial charge in [-0.05, 0) is 99.0 Å². The molecule has 0 spiro atoms. The van der Waals surface area contributed by atoms with Crippen LogP contribution in [0.3, 0.4) is 0 Å². The Balaban J connectivity index is 2.04. The molecule has 2 aromatic carbocycles. The van der Waals surface area contributed by atoms with E-state index in [0.717, 1.165) is 6.42 Å². The fourth-order valence-corrected chi connectivity index (χ4v) is 13.2. The van der Waals surface area contributed by atoms with E-state index >= 15 is 38.4 Å². The Bertz CT molecular complexity index is 3220. The Morgan fingerprint density at radius 2 is 0.962 bits per heavy atom. The van der Waals surface area contributed by atoms with Gasteiger partial charge in [0, 0.05) is 73.1 Å². The second kappa shape index (κ2) is 43.1. The number of carbonyl (C=O) groups is 12. The maximum absolute atomic E-state index is 15.7. The molecule has 0 aliphatic carbocycles. The molecule has 4 rings (SSSR count). The first-order valence-electron chi connectivity index (χ1n) is 38.1. The Labute approximate surface area is 630 Å². The fraction of sp³-hybridized carbons (Fsp3) is 0.696. The summed E-state index contributed by atoms with van der Waals surface area (Å²) >= 11 is 0. The Hall–Kier alpha value is -8.04. The number of carbonyl (C=O) groups excluding carboxylic acids is 12. The lowest BCUT2D eigenvalue weighted by Gasteiger charge is -2.38. The van der Waals surface area contributed by atoms with Crippen molar-refractivity contribution in [3.05, 3.63) is 71.8 Å². The van der Waals surface area contributed by atoms with Gasteiger partial charge in [-0.3, -0.25) is 57.5 Å². The molecule has 2 aliphatic rings. The lowest BCUT2D eigenvalue weighted by atomic mass is 9.96. The van der Waals surface area contributed by atoms with Crippen LogP contribution in [0, 0.1) is 35.0 Å². The number of likely N-dealkylation sites (N-methyl/N-ethyl adjacent to an activating group) is 5. The van der Waals surface area contributed by atoms with Crippen LogP contribution >= 0.6 is 0 Å². The van der Waals surface area contributed by atoms with E-state index in [1.165, 1.54) is 71.6 Å². The number of hydrogen-bond acceptors (Lipinski definition) is 15. The van der Waals surface area contributed by atoms with Crippen molar-refractivity contribution < 1.29 is 72.5 Å². The number of piperidine rings is 1. The number of benzene rings is 2. The first-order chi connectivity index (χ1) is 49.7. The number of aliphatic hydroxyl groups is 2. The number of ether oxygens (including phenoxy) is 1. The maximum Gasteiger partial charge on any atom is 0.248 e. The number of hydrogen-bond donors (Lipinski definition) is 7. The Morgan fingerprint density at radius 1 is 0.519 bits per heavy atom. The van der Waals surface area contributed by atoms with Gasteiger partial charge in [0.2, 0.25) is 70.9 Å². The number of nitrogens with one attached hydrogen (secondary N) is 5. The van der Waals surface area contributed by atoms with E-state index in [1.807, 2.05) is 62.3 Å². The number of nitrogens with zero attached hydrogens (tertiary/aromatic N) is 7. The molecule has 12 amide bonds. The molecule has 0 saturated carbocycles. The zero-order chi connectivity index (χ0) is 79.6. The number of likely N-dealkylation sites (tertiary alicyclic amines) is 1. The Kier molecular flexibility index (Phi) is 36.7. The van der Waals surface area contributed by atoms with E-state index < -0.39 is 168 Å². The molecule has 0 aromatic heterocycles. The summed E-state index contributed by atoms with van der Waals surface area (Å²) in [5, 5.41) is 35.9. The second-order valence-electron chi connectivity index (χ2n) is 32.0. The fourth-order valence-electron chi connectivity index (χ4n) is 13.2. The molecule has 2 saturated heterocycles. The number of unbranched alkanes of at least 4 members (excludes halogenated alkanes) is 1. The monoisotopic (exact) mass is 1480 g/mol. The molecule has 2 aliphatic heterocycles. The molecule has 594 valence electrons. The minimum absolute atomic E-state index is 0.0252. The minimum Gasteiger partial charge on any atom is -0.396 e. The molecule has 0 bridgehead atoms. The van der Waals surface area contributed by atoms with Crippen LogP contribution in [-0.4, -0.2) is 263 Å². The van der Waals surface area contributed by atoms with Crippen LogP contribution in [0.15, 0.2) is 60.7 Å². The smallest absolute Gasteiger partial charge is 0.248 e. The van der Waals surface area contributed by atoms with Gasteiger partial charge in [0.15, 0.2) is 0 Å². The normalized spacial score (nSPS) is 24.4. The van der Waals surface area contributed by atoms with Gasteiger partial charge in [0.05, 0.1) is 38.9 Å². The van der Waals surface area contributed by atoms with Gasteiger partial charge < -0.3 is 75.8 Å². The van der Waals surface area contributed by atoms with E-state index in [-0.39, 0.29) is 82.0 Å². The highest BCUT2D eigenvalue weighted by atomic mass is 16.5. The van der Waals surface area contributed by atoms with E-state index in [1.54, 1.807) is 93.3 Å². The molecule has 2 heterocycles. The van der Waals surface area contributed by atoms with Crippen molar-refractivity contribution in [1.29, 1.82) is 0 Å². The van der Waals surface area contributed by atoms with Crippen molar-refractivity contribution in [1.82, 2.24) is 60.9 Å². The first-order valence-corrected chi connectivity index (χ1v) is 38.1. The highest BCUT2D eigenvalue weighted by Crippen LogP contribution is 2.24. The van der Waals surface area contributed by atoms with Crippen LogP contribution in [0.5, 0.6) is 0 Å². The molecule has 27 heteroatoms. The highest BCUT2D eigenvalue weighted by Gasteiger charge is 2.44. The predicted molar refractivity (Wildman–Crippen MR) is 405 cm³/mol. The number of aliphatic hydroxyl groups excluding tert-OH is 2. The van der Waals surface area contributed by atoms with Crippen molar-refractivity contribution in [2.75, 3.05) is 81.2 Å². The van der Waals surface area contributed by atoms with Gasteiger partial charge >= 0.3 is 0 Å². The third kappa shape index (κ3) is 27.3. The standard InChI is InChI=1S/C79H128N12O15/c1-20-21-35-91-45-66(95)85(15)60(39-50(4)5)69(96)82-59(46-106-48-79(13,14)47-92)74(101)89(19)64(43-56-33-27-23-28-34-56)76(103)87(17)61(40-51(6)7)70(97)81-58(75(102)90-36-29-24-30-37-90)44-65(94)83-67(53(10)11)77(104)88(18)63(42-55-31-25-22-26-32-55)71(98)80-57(38-49(2)3)73(100)86(16)62(41-52(8)9)72(99)84-68(54(12)93)78(91)105/h22-23,25-28,31-34,49-54,57-64,67-68,92-93H,20-21,24,29-30,35-48H2,1-19H3,(H,80,98)(H,81,97)(H,82,96)(H,83,94)(H,84,99)/t54-,57?,58+,59+,60+,61+,62+,63+,64+,67-,68+/m1/s1. The molecular weight excluding hydrogens is 1360 g/mol. The summed E-state index contributed by atoms with van der Waals surface area (Å²) in [6.07, 6.45) is 0.909. The van der Waals surface area contributed by atoms with Crippen LogP contribution < -0.4 is 26.6 Å². The second-order valence-corrected chi connectivity index (χ2v) is 32.0. The zero-order valence-electron chi connectivity index (χ0n) is 66.8. The van der Waals surface area contributed by atoms with Crippen molar-refractivity contribution in [3.8, 4) is 0 Å². The highest BCUT2D eigenvalue weighted by molar-refractivity contribution is 6.00. The van der Waals surface area contributed by atoms with Crippen molar-refractivity contribution in [3.63, 3.8) is 0 Å². The average molecular weight is 1490 g/mol. The molecule has 1 unspecified atom stereocenters. The summed E-state index contributed by atoms with van der Waals surface area (Å²) in [7, 11) is 7.02. The van der Waals surface area contributed by atoms with Crippen molar-refractivity contribution in [2.45, 2.75) is 241 Å². The zero-order valence-corrected chi connectivity index (χ0v) is 66.8. The van der Waals surface area contributed by atoms with E-state index in [9.17, 15) is 29.4 Å². The summed E-state index contributed by atoms with van der Waals surface area (Å²) in [5.41, 5.74) is 0.447. The van der Waals surface area contributed by atoms with Crippen molar-refractivity contribution >= 4 is 70.9 Å². The maximum atomic E-state index is 15.7. The summed E-state index contributed by atoms with van der Waals surface area (Å²) in [5.74, 6) is -10.6. The molecule has 2 aromatic rings. The van der Waals surface area contributed by atoms with Gasteiger partial charge in [-0.15, -0.1) is 0 Å². The molecule has 27 nitrogen and oxygen atoms in total. The average Bonchev–Trinajstić information content (AvgIpc) is 0.818. The number of amides is 12. The molecule has 0 radical (unpaired) electrons. The van der Waals surface area contributed by atoms with E-state index in [4.69, 9.17) is 4.74 Å². The SMILES string of the molecule is CCCCN1CC(=O)N(C)[C@@H](CC(C)C)C(=O)N[C@@H](COCC(C)(C)CO)C(=O)N(C)[C@@H](Cc2ccccc2)C(=O)N(C)[C@@H](CC(C)C)C(=O)N[C@H](C(=O)N2CCCCC2)CC(=O)N[C@H](C(C)C)C(=O)N(C)[C@@H](Cc2ccccc2)C(=O)NC(CC(C)C)C(=O)N(C)[C@@H](CC(C)C)C(=O)N[C@@H]([C@@H](C)O)C1=O. The first kappa shape index (κ1) is 90.4. The van der Waals surface area contributed by atoms with Gasteiger partial charge in [0.1, 0.15) is 60.4 Å². The van der Waals surface area contributed by atoms with Gasteiger partial charge in [0.25, 0.3) is 0 Å². The summed E-state index contributed by atoms with van der Waals surface area (Å²) < 4.78 is 6.14. The third-order valence-corrected chi connectivity index (χ3v) is 19.8. The molecule has 106 heavy (non-hydrogen) atoms. The van der Waals surface area contributed by atoms with Crippen LogP contribution in [-0.2, 0) is 75.1 Å². The van der Waals surface area contributed by atoms with E-state index in [0.29, 0.717) is 49.9 Å². The van der Waals surface area contributed by atoms with Crippen LogP contribution in [0.4, 0.5) is 0 Å². The largest absolute Gasteiger partial charge is 0.396 e. The lowest BCUT2D eigenvalue weighted by molar-refractivity contribution is -0.151. The summed E-state index contributed by atoms with van der Waals surface area (Å²) in [6, 6.07) is 3.72. The van der Waals surface area contributed by atoms with Gasteiger partial charge in [-0.25, -0.2) is 0 Å². The summed E-state index contributed by atoms with van der Waals surface area (Å²) in [4.78, 5) is 191. The number of rotatable bonds is 23. The molecular formula is C79H128N12O15. The molecule has 7 N–H and O–H groups in total. The lowest BCUT2D eigenvalue weighted by Crippen LogP contribution is -2.62. The van der Waals surface area contributed by atoms with Crippen molar-refractivity contribution in [2.24, 2.45) is 35.0 Å². The Morgan fingerprint density at radius 3 is 1.45 bits per heavy atom. The molecule has 2 fully saturated rings. The molecule has 11 atom stereocenters. The van der Waals surface area contributed by atoms with Gasteiger partial charge in [-0.1, -0.05) is 157 Å². The van der Waals surface area contributed by atoms with Crippen LogP contribution in [0.1, 0.15) is 172 Å². The third-order valence-electron chi connectivity index (χ3n) is 19.8. The van der Waals surface area contributed by atoms with Crippen LogP contribution in [0.2, 0.25) is 0 Å². The van der Waals surface area contributed by atoms with Crippen LogP contribution in [0.25, 0.3) is 0 Å². The summed E-state index contributed by atoms with van der Waals surface area (Å²) in [6.45, 7) is 23.9. The minimum atomic E-state index is -1.67.